The van der Waals surface area contributed by atoms with Crippen LogP contribution in [0.3, 0.4) is 0 Å². The van der Waals surface area contributed by atoms with Crippen LogP contribution in [0.1, 0.15) is 11.4 Å². The fraction of sp³-hybridized carbons (Fsp3) is 0.455. The molecule has 0 aromatic carbocycles. The molecule has 5 heteroatoms. The molecule has 0 bridgehead atoms. The fourth-order valence-electron chi connectivity index (χ4n) is 1.56. The predicted octanol–water partition coefficient (Wildman–Crippen LogP) is -0.000960. The van der Waals surface area contributed by atoms with Crippen LogP contribution in [0.2, 0.25) is 0 Å². The lowest BCUT2D eigenvalue weighted by Crippen LogP contribution is -2.29. The number of carbonyl (C=O) groups is 1. The third-order valence-electron chi connectivity index (χ3n) is 2.38. The number of nitrogens with zero attached hydrogens (tertiary/aromatic N) is 1. The van der Waals surface area contributed by atoms with E-state index in [0.29, 0.717) is 11.4 Å². The van der Waals surface area contributed by atoms with Crippen LogP contribution in [0, 0.1) is 13.8 Å². The molecular weight excluding hydrogens is 210 g/mol. The number of pyridine rings is 1. The summed E-state index contributed by atoms with van der Waals surface area (Å²) in [5.74, 6) is -0.683. The van der Waals surface area contributed by atoms with Crippen LogP contribution in [-0.2, 0) is 16.1 Å². The standard InChI is InChI=1S/C11H15NO4/c1-7-4-9(13)5-8(2)12(7)6-10(14)11(15)16-3/h4-5,10,14H,6H2,1-3H3. The molecule has 1 rings (SSSR count). The van der Waals surface area contributed by atoms with E-state index in [1.54, 1.807) is 18.4 Å². The van der Waals surface area contributed by atoms with Crippen molar-refractivity contribution in [2.75, 3.05) is 7.11 Å². The third-order valence-corrected chi connectivity index (χ3v) is 2.38. The number of ether oxygens (including phenoxy) is 1. The lowest BCUT2D eigenvalue weighted by Gasteiger charge is -2.16. The molecule has 0 fully saturated rings. The van der Waals surface area contributed by atoms with Gasteiger partial charge in [-0.05, 0) is 13.8 Å². The largest absolute Gasteiger partial charge is 0.467 e. The zero-order valence-corrected chi connectivity index (χ0v) is 9.56. The maximum absolute atomic E-state index is 11.2. The molecule has 1 N–H and O–H groups in total. The Hall–Kier alpha value is -1.62. The van der Waals surface area contributed by atoms with Crippen molar-refractivity contribution in [3.05, 3.63) is 33.7 Å². The van der Waals surface area contributed by atoms with Gasteiger partial charge in [-0.25, -0.2) is 4.79 Å². The van der Waals surface area contributed by atoms with Crippen molar-refractivity contribution < 1.29 is 14.6 Å². The molecule has 0 saturated carbocycles. The van der Waals surface area contributed by atoms with Gasteiger partial charge in [-0.15, -0.1) is 0 Å². The molecule has 1 atom stereocenters. The van der Waals surface area contributed by atoms with Gasteiger partial charge in [-0.2, -0.15) is 0 Å². The molecule has 1 aromatic heterocycles. The maximum atomic E-state index is 11.2. The fourth-order valence-corrected chi connectivity index (χ4v) is 1.56. The summed E-state index contributed by atoms with van der Waals surface area (Å²) >= 11 is 0. The monoisotopic (exact) mass is 225 g/mol. The van der Waals surface area contributed by atoms with E-state index < -0.39 is 12.1 Å². The van der Waals surface area contributed by atoms with Gasteiger partial charge in [-0.3, -0.25) is 4.79 Å². The van der Waals surface area contributed by atoms with E-state index in [1.807, 2.05) is 0 Å². The summed E-state index contributed by atoms with van der Waals surface area (Å²) in [6, 6.07) is 2.91. The van der Waals surface area contributed by atoms with Crippen molar-refractivity contribution in [3.8, 4) is 0 Å². The molecule has 0 aliphatic carbocycles. The highest BCUT2D eigenvalue weighted by Crippen LogP contribution is 2.04. The van der Waals surface area contributed by atoms with E-state index in [2.05, 4.69) is 4.74 Å². The van der Waals surface area contributed by atoms with Gasteiger partial charge in [0.2, 0.25) is 0 Å². The number of aryl methyl sites for hydroxylation is 2. The molecule has 16 heavy (non-hydrogen) atoms. The second-order valence-corrected chi connectivity index (χ2v) is 3.62. The van der Waals surface area contributed by atoms with Gasteiger partial charge >= 0.3 is 5.97 Å². The molecular formula is C11H15NO4. The highest BCUT2D eigenvalue weighted by Gasteiger charge is 2.17. The second kappa shape index (κ2) is 4.94. The van der Waals surface area contributed by atoms with E-state index in [4.69, 9.17) is 0 Å². The summed E-state index contributed by atoms with van der Waals surface area (Å²) in [5.41, 5.74) is 1.32. The van der Waals surface area contributed by atoms with Gasteiger partial charge in [0, 0.05) is 23.5 Å². The minimum Gasteiger partial charge on any atom is -0.467 e. The summed E-state index contributed by atoms with van der Waals surface area (Å²) in [6.45, 7) is 3.58. The average Bonchev–Trinajstić information content (AvgIpc) is 2.21. The molecule has 1 aromatic rings. The van der Waals surface area contributed by atoms with Crippen molar-refractivity contribution in [2.45, 2.75) is 26.5 Å². The quantitative estimate of drug-likeness (QED) is 0.735. The molecule has 88 valence electrons. The number of carbonyl (C=O) groups excluding carboxylic acids is 1. The van der Waals surface area contributed by atoms with Crippen molar-refractivity contribution in [1.82, 2.24) is 4.57 Å². The topological polar surface area (TPSA) is 68.5 Å². The van der Waals surface area contributed by atoms with Crippen LogP contribution in [0.5, 0.6) is 0 Å². The van der Waals surface area contributed by atoms with Crippen molar-refractivity contribution >= 4 is 5.97 Å². The number of esters is 1. The van der Waals surface area contributed by atoms with Crippen LogP contribution in [-0.4, -0.2) is 28.9 Å². The van der Waals surface area contributed by atoms with E-state index in [0.717, 1.165) is 0 Å². The molecule has 1 heterocycles. The summed E-state index contributed by atoms with van der Waals surface area (Å²) in [7, 11) is 1.22. The summed E-state index contributed by atoms with van der Waals surface area (Å²) in [4.78, 5) is 22.2. The first-order chi connectivity index (χ1) is 7.45. The minimum absolute atomic E-state index is 0.0844. The Morgan fingerprint density at radius 2 is 1.94 bits per heavy atom. The van der Waals surface area contributed by atoms with Crippen molar-refractivity contribution in [3.63, 3.8) is 0 Å². The third kappa shape index (κ3) is 2.70. The van der Waals surface area contributed by atoms with E-state index in [1.165, 1.54) is 19.2 Å². The van der Waals surface area contributed by atoms with Gasteiger partial charge < -0.3 is 14.4 Å². The van der Waals surface area contributed by atoms with Gasteiger partial charge in [-0.1, -0.05) is 0 Å². The molecule has 0 radical (unpaired) electrons. The van der Waals surface area contributed by atoms with E-state index >= 15 is 0 Å². The Morgan fingerprint density at radius 1 is 1.44 bits per heavy atom. The van der Waals surface area contributed by atoms with E-state index in [9.17, 15) is 14.7 Å². The van der Waals surface area contributed by atoms with Crippen molar-refractivity contribution in [2.24, 2.45) is 0 Å². The van der Waals surface area contributed by atoms with Crippen LogP contribution < -0.4 is 5.43 Å². The molecule has 0 saturated heterocycles. The highest BCUT2D eigenvalue weighted by atomic mass is 16.5. The van der Waals surface area contributed by atoms with Gasteiger partial charge in [0.15, 0.2) is 11.5 Å². The second-order valence-electron chi connectivity index (χ2n) is 3.62. The number of aromatic nitrogens is 1. The number of hydrogen-bond acceptors (Lipinski definition) is 4. The molecule has 0 aliphatic heterocycles. The molecule has 0 amide bonds. The zero-order chi connectivity index (χ0) is 12.3. The summed E-state index contributed by atoms with van der Waals surface area (Å²) < 4.78 is 6.12. The Morgan fingerprint density at radius 3 is 2.38 bits per heavy atom. The first-order valence-electron chi connectivity index (χ1n) is 4.89. The minimum atomic E-state index is -1.22. The molecule has 5 nitrogen and oxygen atoms in total. The summed E-state index contributed by atoms with van der Waals surface area (Å²) in [6.07, 6.45) is -1.22. The number of aliphatic hydroxyl groups is 1. The molecule has 0 spiro atoms. The SMILES string of the molecule is COC(=O)C(O)Cn1c(C)cc(=O)cc1C. The van der Waals surface area contributed by atoms with Gasteiger partial charge in [0.1, 0.15) is 0 Å². The number of methoxy groups -OCH3 is 1. The first kappa shape index (κ1) is 12.4. The van der Waals surface area contributed by atoms with Gasteiger partial charge in [0.25, 0.3) is 0 Å². The summed E-state index contributed by atoms with van der Waals surface area (Å²) in [5, 5.41) is 9.52. The Bertz CT molecular complexity index is 424. The van der Waals surface area contributed by atoms with Crippen molar-refractivity contribution in [1.29, 1.82) is 0 Å². The Labute approximate surface area is 93.3 Å². The first-order valence-corrected chi connectivity index (χ1v) is 4.89. The highest BCUT2D eigenvalue weighted by molar-refractivity contribution is 5.74. The Balaban J connectivity index is 2.98. The normalized spacial score (nSPS) is 12.2. The van der Waals surface area contributed by atoms with Crippen LogP contribution >= 0.6 is 0 Å². The molecule has 1 unspecified atom stereocenters. The van der Waals surface area contributed by atoms with Crippen LogP contribution in [0.4, 0.5) is 0 Å². The smallest absolute Gasteiger partial charge is 0.336 e. The number of hydrogen-bond donors (Lipinski definition) is 1. The van der Waals surface area contributed by atoms with Crippen LogP contribution in [0.15, 0.2) is 16.9 Å². The van der Waals surface area contributed by atoms with Gasteiger partial charge in [0.05, 0.1) is 13.7 Å². The number of rotatable bonds is 3. The number of aliphatic hydroxyl groups excluding tert-OH is 1. The predicted molar refractivity (Wildman–Crippen MR) is 58.2 cm³/mol. The van der Waals surface area contributed by atoms with Crippen LogP contribution in [0.25, 0.3) is 0 Å². The lowest BCUT2D eigenvalue weighted by atomic mass is 10.2. The van der Waals surface area contributed by atoms with E-state index in [-0.39, 0.29) is 12.0 Å². The maximum Gasteiger partial charge on any atom is 0.336 e. The average molecular weight is 225 g/mol. The zero-order valence-electron chi connectivity index (χ0n) is 9.56. The lowest BCUT2D eigenvalue weighted by molar-refractivity contribution is -0.151. The molecule has 0 aliphatic rings. The Kier molecular flexibility index (Phi) is 3.84.